The van der Waals surface area contributed by atoms with Gasteiger partial charge in [-0.3, -0.25) is 4.79 Å². The van der Waals surface area contributed by atoms with E-state index in [1.165, 1.54) is 62.3 Å². The van der Waals surface area contributed by atoms with Crippen molar-refractivity contribution in [2.24, 2.45) is 0 Å². The highest BCUT2D eigenvalue weighted by Gasteiger charge is 2.28. The third-order valence-corrected chi connectivity index (χ3v) is 7.21. The fourth-order valence-electron chi connectivity index (χ4n) is 3.63. The van der Waals surface area contributed by atoms with Crippen molar-refractivity contribution in [2.75, 3.05) is 24.9 Å². The van der Waals surface area contributed by atoms with Crippen molar-refractivity contribution in [3.8, 4) is 0 Å². The summed E-state index contributed by atoms with van der Waals surface area (Å²) in [6.07, 6.45) is 4.51. The molecule has 0 aromatic heterocycles. The lowest BCUT2D eigenvalue weighted by Gasteiger charge is -2.27. The molecule has 1 atom stereocenters. The Balaban J connectivity index is 1.76. The Morgan fingerprint density at radius 2 is 1.70 bits per heavy atom. The normalized spacial score (nSPS) is 14.8. The van der Waals surface area contributed by atoms with E-state index in [-0.39, 0.29) is 11.7 Å². The van der Waals surface area contributed by atoms with Gasteiger partial charge in [0, 0.05) is 14.1 Å². The van der Waals surface area contributed by atoms with Crippen molar-refractivity contribution in [2.45, 2.75) is 38.6 Å². The summed E-state index contributed by atoms with van der Waals surface area (Å²) in [4.78, 5) is 12.7. The Morgan fingerprint density at radius 1 is 1.07 bits per heavy atom. The Bertz CT molecular complexity index is 1010. The zero-order chi connectivity index (χ0) is 21.9. The van der Waals surface area contributed by atoms with Gasteiger partial charge in [-0.2, -0.15) is 12.7 Å². The molecule has 1 aliphatic carbocycles. The minimum Gasteiger partial charge on any atom is -0.348 e. The largest absolute Gasteiger partial charge is 0.348 e. The number of carbonyl (C=O) groups excluding carboxylic acids is 1. The molecule has 1 aliphatic rings. The van der Waals surface area contributed by atoms with Crippen molar-refractivity contribution >= 4 is 21.8 Å². The van der Waals surface area contributed by atoms with Crippen LogP contribution in [-0.2, 0) is 27.8 Å². The standard InChI is InChI=1S/C22H28FN3O3S/c1-16(18-9-8-17-6-4-5-7-19(17)14-18)24-22(27)15-26(30(28,29)25(2)3)21-12-10-20(23)11-13-21/h8-14,16H,4-7,15H2,1-3H3,(H,24,27)/t16-/m0/s1. The van der Waals surface area contributed by atoms with Crippen LogP contribution in [0.2, 0.25) is 0 Å². The molecule has 0 bridgehead atoms. The van der Waals surface area contributed by atoms with Gasteiger partial charge in [0.15, 0.2) is 0 Å². The van der Waals surface area contributed by atoms with Crippen LogP contribution in [-0.4, -0.2) is 39.3 Å². The van der Waals surface area contributed by atoms with E-state index in [9.17, 15) is 17.6 Å². The van der Waals surface area contributed by atoms with E-state index in [1.807, 2.05) is 13.0 Å². The lowest BCUT2D eigenvalue weighted by molar-refractivity contribution is -0.120. The van der Waals surface area contributed by atoms with Crippen LogP contribution in [0.5, 0.6) is 0 Å². The number of hydrogen-bond donors (Lipinski definition) is 1. The Labute approximate surface area is 177 Å². The average molecular weight is 434 g/mol. The first-order valence-corrected chi connectivity index (χ1v) is 11.4. The van der Waals surface area contributed by atoms with E-state index in [1.54, 1.807) is 0 Å². The van der Waals surface area contributed by atoms with Crippen LogP contribution in [0.25, 0.3) is 0 Å². The quantitative estimate of drug-likeness (QED) is 0.729. The number of rotatable bonds is 7. The third-order valence-electron chi connectivity index (χ3n) is 5.39. The molecule has 8 heteroatoms. The molecule has 1 amide bonds. The predicted molar refractivity (Wildman–Crippen MR) is 116 cm³/mol. The molecule has 0 aliphatic heterocycles. The summed E-state index contributed by atoms with van der Waals surface area (Å²) >= 11 is 0. The van der Waals surface area contributed by atoms with Gasteiger partial charge in [0.25, 0.3) is 0 Å². The van der Waals surface area contributed by atoms with Gasteiger partial charge in [0.05, 0.1) is 11.7 Å². The average Bonchev–Trinajstić information content (AvgIpc) is 2.72. The van der Waals surface area contributed by atoms with Gasteiger partial charge >= 0.3 is 10.2 Å². The van der Waals surface area contributed by atoms with Crippen molar-refractivity contribution in [1.29, 1.82) is 0 Å². The first kappa shape index (κ1) is 22.2. The SMILES string of the molecule is C[C@H](NC(=O)CN(c1ccc(F)cc1)S(=O)(=O)N(C)C)c1ccc2c(c1)CCCC2. The number of benzene rings is 2. The lowest BCUT2D eigenvalue weighted by Crippen LogP contribution is -2.46. The number of halogens is 1. The monoisotopic (exact) mass is 433 g/mol. The molecule has 0 spiro atoms. The highest BCUT2D eigenvalue weighted by atomic mass is 32.2. The molecule has 0 radical (unpaired) electrons. The van der Waals surface area contributed by atoms with Gasteiger partial charge in [0.1, 0.15) is 12.4 Å². The topological polar surface area (TPSA) is 69.7 Å². The lowest BCUT2D eigenvalue weighted by atomic mass is 9.89. The smallest absolute Gasteiger partial charge is 0.304 e. The van der Waals surface area contributed by atoms with E-state index in [4.69, 9.17) is 0 Å². The summed E-state index contributed by atoms with van der Waals surface area (Å²) in [6, 6.07) is 11.0. The third kappa shape index (κ3) is 4.99. The van der Waals surface area contributed by atoms with Gasteiger partial charge < -0.3 is 5.32 Å². The maximum absolute atomic E-state index is 13.3. The summed E-state index contributed by atoms with van der Waals surface area (Å²) in [5, 5.41) is 2.89. The van der Waals surface area contributed by atoms with Gasteiger partial charge in [-0.25, -0.2) is 8.70 Å². The number of fused-ring (bicyclic) bond motifs is 1. The zero-order valence-electron chi connectivity index (χ0n) is 17.6. The molecule has 3 rings (SSSR count). The van der Waals surface area contributed by atoms with E-state index < -0.39 is 28.5 Å². The highest BCUT2D eigenvalue weighted by Crippen LogP contribution is 2.25. The first-order chi connectivity index (χ1) is 14.2. The fourth-order valence-corrected chi connectivity index (χ4v) is 4.70. The van der Waals surface area contributed by atoms with Crippen LogP contribution in [0.4, 0.5) is 10.1 Å². The number of anilines is 1. The van der Waals surface area contributed by atoms with Crippen LogP contribution in [0.3, 0.4) is 0 Å². The molecule has 0 unspecified atom stereocenters. The Hall–Kier alpha value is -2.45. The second-order valence-electron chi connectivity index (χ2n) is 7.80. The summed E-state index contributed by atoms with van der Waals surface area (Å²) in [6.45, 7) is 1.48. The fraction of sp³-hybridized carbons (Fsp3) is 0.409. The van der Waals surface area contributed by atoms with Gasteiger partial charge in [-0.1, -0.05) is 18.2 Å². The molecular weight excluding hydrogens is 405 g/mol. The molecule has 0 fully saturated rings. The summed E-state index contributed by atoms with van der Waals surface area (Å²) in [7, 11) is -1.15. The molecule has 2 aromatic carbocycles. The van der Waals surface area contributed by atoms with Crippen LogP contribution < -0.4 is 9.62 Å². The number of hydrogen-bond acceptors (Lipinski definition) is 3. The maximum atomic E-state index is 13.3. The van der Waals surface area contributed by atoms with Gasteiger partial charge in [0.2, 0.25) is 5.91 Å². The molecule has 0 saturated heterocycles. The molecule has 2 aromatic rings. The summed E-state index contributed by atoms with van der Waals surface area (Å²) in [5.74, 6) is -0.915. The van der Waals surface area contributed by atoms with Gasteiger partial charge in [-0.05, 0) is 73.6 Å². The Kier molecular flexibility index (Phi) is 6.77. The summed E-state index contributed by atoms with van der Waals surface area (Å²) < 4.78 is 40.8. The Morgan fingerprint density at radius 3 is 2.33 bits per heavy atom. The van der Waals surface area contributed by atoms with Crippen LogP contribution >= 0.6 is 0 Å². The first-order valence-electron chi connectivity index (χ1n) is 10.1. The molecule has 6 nitrogen and oxygen atoms in total. The number of nitrogens with zero attached hydrogens (tertiary/aromatic N) is 2. The van der Waals surface area contributed by atoms with Crippen LogP contribution in [0, 0.1) is 5.82 Å². The summed E-state index contributed by atoms with van der Waals surface area (Å²) in [5.41, 5.74) is 3.90. The number of nitrogens with one attached hydrogen (secondary N) is 1. The van der Waals surface area contributed by atoms with E-state index in [2.05, 4.69) is 17.4 Å². The van der Waals surface area contributed by atoms with Crippen molar-refractivity contribution in [1.82, 2.24) is 9.62 Å². The minimum absolute atomic E-state index is 0.224. The van der Waals surface area contributed by atoms with Crippen molar-refractivity contribution < 1.29 is 17.6 Å². The second kappa shape index (κ2) is 9.14. The second-order valence-corrected chi connectivity index (χ2v) is 9.86. The van der Waals surface area contributed by atoms with E-state index in [0.29, 0.717) is 0 Å². The van der Waals surface area contributed by atoms with E-state index >= 15 is 0 Å². The minimum atomic E-state index is -3.93. The number of amides is 1. The molecular formula is C22H28FN3O3S. The van der Waals surface area contributed by atoms with Crippen LogP contribution in [0.15, 0.2) is 42.5 Å². The van der Waals surface area contributed by atoms with Crippen molar-refractivity contribution in [3.63, 3.8) is 0 Å². The van der Waals surface area contributed by atoms with Crippen LogP contribution in [0.1, 0.15) is 42.5 Å². The molecule has 162 valence electrons. The maximum Gasteiger partial charge on any atom is 0.304 e. The molecule has 0 heterocycles. The number of aryl methyl sites for hydroxylation is 2. The molecule has 1 N–H and O–H groups in total. The zero-order valence-corrected chi connectivity index (χ0v) is 18.4. The van der Waals surface area contributed by atoms with E-state index in [0.717, 1.165) is 27.0 Å². The highest BCUT2D eigenvalue weighted by molar-refractivity contribution is 7.90. The predicted octanol–water partition coefficient (Wildman–Crippen LogP) is 3.19. The molecule has 30 heavy (non-hydrogen) atoms. The molecule has 0 saturated carbocycles. The number of carbonyl (C=O) groups is 1. The van der Waals surface area contributed by atoms with Gasteiger partial charge in [-0.15, -0.1) is 0 Å². The van der Waals surface area contributed by atoms with Crippen molar-refractivity contribution in [3.05, 3.63) is 65.0 Å².